The highest BCUT2D eigenvalue weighted by molar-refractivity contribution is 7.99. The number of nitrogens with one attached hydrogen (secondary N) is 2. The monoisotopic (exact) mass is 552 g/mol. The Kier molecular flexibility index (Phi) is 10.2. The van der Waals surface area contributed by atoms with Crippen LogP contribution in [0.1, 0.15) is 44.1 Å². The lowest BCUT2D eigenvalue weighted by atomic mass is 9.95. The van der Waals surface area contributed by atoms with E-state index in [2.05, 4.69) is 15.6 Å². The van der Waals surface area contributed by atoms with E-state index in [-0.39, 0.29) is 42.1 Å². The Morgan fingerprint density at radius 2 is 1.79 bits per heavy atom. The average molecular weight is 553 g/mol. The second kappa shape index (κ2) is 14.0. The largest absolute Gasteiger partial charge is 0.493 e. The molecule has 1 saturated carbocycles. The predicted molar refractivity (Wildman–Crippen MR) is 153 cm³/mol. The third kappa shape index (κ3) is 7.75. The van der Waals surface area contributed by atoms with E-state index in [9.17, 15) is 14.4 Å². The molecule has 3 aromatic rings. The van der Waals surface area contributed by atoms with Crippen LogP contribution in [-0.4, -0.2) is 53.9 Å². The summed E-state index contributed by atoms with van der Waals surface area (Å²) < 4.78 is 12.1. The van der Waals surface area contributed by atoms with Crippen molar-refractivity contribution in [2.45, 2.75) is 62.7 Å². The zero-order chi connectivity index (χ0) is 27.6. The maximum Gasteiger partial charge on any atom is 0.262 e. The molecule has 1 heterocycles. The molecule has 1 aromatic heterocycles. The number of fused-ring (bicyclic) bond motifs is 1. The topological polar surface area (TPSA) is 112 Å². The minimum atomic E-state index is -0.214. The number of benzene rings is 2. The van der Waals surface area contributed by atoms with Gasteiger partial charge in [-0.15, -0.1) is 0 Å². The van der Waals surface area contributed by atoms with Crippen molar-refractivity contribution in [3.8, 4) is 11.5 Å². The maximum atomic E-state index is 13.3. The first kappa shape index (κ1) is 28.5. The second-order valence-corrected chi connectivity index (χ2v) is 10.5. The van der Waals surface area contributed by atoms with Crippen molar-refractivity contribution in [3.63, 3.8) is 0 Å². The number of carbonyl (C=O) groups excluding carboxylic acids is 2. The molecule has 0 spiro atoms. The number of amides is 2. The summed E-state index contributed by atoms with van der Waals surface area (Å²) in [6.07, 6.45) is 6.26. The van der Waals surface area contributed by atoms with Gasteiger partial charge in [-0.2, -0.15) is 0 Å². The van der Waals surface area contributed by atoms with Crippen LogP contribution in [0.25, 0.3) is 10.9 Å². The van der Waals surface area contributed by atoms with Gasteiger partial charge < -0.3 is 20.1 Å². The molecule has 39 heavy (non-hydrogen) atoms. The van der Waals surface area contributed by atoms with Crippen molar-refractivity contribution in [2.75, 3.05) is 26.5 Å². The molecule has 0 saturated heterocycles. The van der Waals surface area contributed by atoms with Crippen LogP contribution >= 0.6 is 11.8 Å². The van der Waals surface area contributed by atoms with Crippen molar-refractivity contribution in [2.24, 2.45) is 0 Å². The summed E-state index contributed by atoms with van der Waals surface area (Å²) in [6, 6.07) is 13.0. The van der Waals surface area contributed by atoms with Crippen molar-refractivity contribution in [1.82, 2.24) is 20.2 Å². The smallest absolute Gasteiger partial charge is 0.262 e. The van der Waals surface area contributed by atoms with Crippen LogP contribution in [0, 0.1) is 0 Å². The number of hydrogen-bond donors (Lipinski definition) is 2. The molecule has 0 radical (unpaired) electrons. The van der Waals surface area contributed by atoms with Gasteiger partial charge in [0.05, 0.1) is 30.9 Å². The van der Waals surface area contributed by atoms with E-state index in [0.717, 1.165) is 31.2 Å². The van der Waals surface area contributed by atoms with Crippen LogP contribution in [-0.2, 0) is 22.6 Å². The normalized spacial score (nSPS) is 13.7. The van der Waals surface area contributed by atoms with Crippen LogP contribution in [0.5, 0.6) is 11.5 Å². The molecule has 1 aliphatic carbocycles. The fourth-order valence-corrected chi connectivity index (χ4v) is 5.62. The number of ether oxygens (including phenoxy) is 2. The van der Waals surface area contributed by atoms with Crippen LogP contribution in [0.2, 0.25) is 0 Å². The third-order valence-electron chi connectivity index (χ3n) is 6.88. The molecule has 0 aliphatic heterocycles. The highest BCUT2D eigenvalue weighted by Gasteiger charge is 2.18. The maximum absolute atomic E-state index is 13.3. The summed E-state index contributed by atoms with van der Waals surface area (Å²) in [5.74, 6) is 1.23. The van der Waals surface area contributed by atoms with Crippen molar-refractivity contribution < 1.29 is 19.1 Å². The summed E-state index contributed by atoms with van der Waals surface area (Å²) in [4.78, 5) is 43.2. The van der Waals surface area contributed by atoms with Crippen LogP contribution in [0.3, 0.4) is 0 Å². The van der Waals surface area contributed by atoms with E-state index in [1.54, 1.807) is 32.4 Å². The van der Waals surface area contributed by atoms with E-state index in [1.807, 2.05) is 24.3 Å². The van der Waals surface area contributed by atoms with Gasteiger partial charge in [-0.3, -0.25) is 19.0 Å². The summed E-state index contributed by atoms with van der Waals surface area (Å²) in [5, 5.41) is 6.96. The molecular formula is C29H36N4O5S. The number of methoxy groups -OCH3 is 2. The Labute approximate surface area is 232 Å². The van der Waals surface area contributed by atoms with E-state index in [1.165, 1.54) is 22.7 Å². The van der Waals surface area contributed by atoms with Crippen LogP contribution in [0.15, 0.2) is 52.4 Å². The van der Waals surface area contributed by atoms with E-state index >= 15 is 0 Å². The lowest BCUT2D eigenvalue weighted by molar-refractivity contribution is -0.121. The van der Waals surface area contributed by atoms with Gasteiger partial charge in [0, 0.05) is 25.6 Å². The minimum absolute atomic E-state index is 0.0613. The fraction of sp³-hybridized carbons (Fsp3) is 0.448. The van der Waals surface area contributed by atoms with Gasteiger partial charge in [0.15, 0.2) is 16.7 Å². The molecule has 1 fully saturated rings. The van der Waals surface area contributed by atoms with Gasteiger partial charge in [0.2, 0.25) is 11.8 Å². The highest BCUT2D eigenvalue weighted by Crippen LogP contribution is 2.27. The molecular weight excluding hydrogens is 516 g/mol. The number of hydrogen-bond acceptors (Lipinski definition) is 7. The summed E-state index contributed by atoms with van der Waals surface area (Å²) in [7, 11) is 3.17. The number of carbonyl (C=O) groups is 2. The SMILES string of the molecule is COc1ccc(CCNC(=O)CCn2c(SCC(=O)NC3CCCCC3)nc3ccccc3c2=O)cc1OC. The molecule has 0 atom stereocenters. The van der Waals surface area contributed by atoms with Crippen LogP contribution < -0.4 is 25.7 Å². The first-order chi connectivity index (χ1) is 19.0. The molecule has 0 bridgehead atoms. The van der Waals surface area contributed by atoms with Crippen LogP contribution in [0.4, 0.5) is 0 Å². The standard InChI is InChI=1S/C29H36N4O5S/c1-37-24-13-12-20(18-25(24)38-2)14-16-30-26(34)15-17-33-28(36)22-10-6-7-11-23(22)32-29(33)39-19-27(35)31-21-8-4-3-5-9-21/h6-7,10-13,18,21H,3-5,8-9,14-17,19H2,1-2H3,(H,30,34)(H,31,35). The Balaban J connectivity index is 1.37. The number of rotatable bonds is 12. The molecule has 2 aromatic carbocycles. The van der Waals surface area contributed by atoms with Gasteiger partial charge in [0.25, 0.3) is 5.56 Å². The highest BCUT2D eigenvalue weighted by atomic mass is 32.2. The van der Waals surface area contributed by atoms with Crippen molar-refractivity contribution >= 4 is 34.5 Å². The fourth-order valence-electron chi connectivity index (χ4n) is 4.79. The van der Waals surface area contributed by atoms with Crippen molar-refractivity contribution in [1.29, 1.82) is 0 Å². The number of thioether (sulfide) groups is 1. The zero-order valence-corrected chi connectivity index (χ0v) is 23.4. The Morgan fingerprint density at radius 3 is 2.56 bits per heavy atom. The molecule has 9 nitrogen and oxygen atoms in total. The van der Waals surface area contributed by atoms with Gasteiger partial charge in [0.1, 0.15) is 0 Å². The molecule has 1 aliphatic rings. The molecule has 0 unspecified atom stereocenters. The average Bonchev–Trinajstić information content (AvgIpc) is 2.96. The minimum Gasteiger partial charge on any atom is -0.493 e. The van der Waals surface area contributed by atoms with Gasteiger partial charge >= 0.3 is 0 Å². The lowest BCUT2D eigenvalue weighted by Crippen LogP contribution is -2.37. The first-order valence-electron chi connectivity index (χ1n) is 13.4. The van der Waals surface area contributed by atoms with Gasteiger partial charge in [-0.1, -0.05) is 49.2 Å². The van der Waals surface area contributed by atoms with E-state index in [0.29, 0.717) is 40.5 Å². The molecule has 10 heteroatoms. The summed E-state index contributed by atoms with van der Waals surface area (Å²) in [6.45, 7) is 0.619. The first-order valence-corrected chi connectivity index (χ1v) is 14.4. The molecule has 2 N–H and O–H groups in total. The van der Waals surface area contributed by atoms with Gasteiger partial charge in [-0.25, -0.2) is 4.98 Å². The van der Waals surface area contributed by atoms with Crippen molar-refractivity contribution in [3.05, 3.63) is 58.4 Å². The molecule has 4 rings (SSSR count). The van der Waals surface area contributed by atoms with Gasteiger partial charge in [-0.05, 0) is 49.1 Å². The Morgan fingerprint density at radius 1 is 1.03 bits per heavy atom. The molecule has 2 amide bonds. The zero-order valence-electron chi connectivity index (χ0n) is 22.5. The van der Waals surface area contributed by atoms with E-state index < -0.39 is 0 Å². The lowest BCUT2D eigenvalue weighted by Gasteiger charge is -2.22. The predicted octanol–water partition coefficient (Wildman–Crippen LogP) is 3.70. The summed E-state index contributed by atoms with van der Waals surface area (Å²) >= 11 is 1.23. The number of nitrogens with zero attached hydrogens (tertiary/aromatic N) is 2. The number of aromatic nitrogens is 2. The number of para-hydroxylation sites is 1. The Hall–Kier alpha value is -3.53. The molecule has 208 valence electrons. The summed E-state index contributed by atoms with van der Waals surface area (Å²) in [5.41, 5.74) is 1.37. The third-order valence-corrected chi connectivity index (χ3v) is 7.85. The van der Waals surface area contributed by atoms with E-state index in [4.69, 9.17) is 9.47 Å². The second-order valence-electron chi connectivity index (χ2n) is 9.60. The quantitative estimate of drug-likeness (QED) is 0.260. The Bertz CT molecular complexity index is 1350.